The summed E-state index contributed by atoms with van der Waals surface area (Å²) in [6.07, 6.45) is 0. The third kappa shape index (κ3) is 4.59. The van der Waals surface area contributed by atoms with Gasteiger partial charge in [-0.05, 0) is 35.7 Å². The molecule has 0 unspecified atom stereocenters. The predicted molar refractivity (Wildman–Crippen MR) is 87.8 cm³/mol. The van der Waals surface area contributed by atoms with Crippen LogP contribution in [-0.4, -0.2) is 25.8 Å². The number of rotatable bonds is 6. The first kappa shape index (κ1) is 16.1. The molecular weight excluding hydrogens is 326 g/mol. The highest BCUT2D eigenvalue weighted by molar-refractivity contribution is 8.01. The van der Waals surface area contributed by atoms with Gasteiger partial charge in [-0.2, -0.15) is 0 Å². The zero-order valence-electron chi connectivity index (χ0n) is 11.4. The average Bonchev–Trinajstić information content (AvgIpc) is 2.99. The predicted octanol–water partition coefficient (Wildman–Crippen LogP) is 3.27. The molecule has 2 rings (SSSR count). The standard InChI is InChI=1S/C14H15NO3S3/c1-2-21(17,18)12-7-5-11(6-8-12)15-13(16)10-20-14-4-3-9-19-14/h3-9H,2,10H2,1H3,(H,15,16). The first-order chi connectivity index (χ1) is 10.0. The smallest absolute Gasteiger partial charge is 0.234 e. The van der Waals surface area contributed by atoms with E-state index in [1.165, 1.54) is 23.9 Å². The van der Waals surface area contributed by atoms with Crippen LogP contribution in [0.2, 0.25) is 0 Å². The maximum Gasteiger partial charge on any atom is 0.234 e. The molecule has 0 atom stereocenters. The van der Waals surface area contributed by atoms with Gasteiger partial charge in [0.2, 0.25) is 5.91 Å². The minimum Gasteiger partial charge on any atom is -0.325 e. The van der Waals surface area contributed by atoms with Gasteiger partial charge in [0.15, 0.2) is 9.84 Å². The van der Waals surface area contributed by atoms with Crippen molar-refractivity contribution < 1.29 is 13.2 Å². The quantitative estimate of drug-likeness (QED) is 0.819. The van der Waals surface area contributed by atoms with Crippen LogP contribution in [0, 0.1) is 0 Å². The number of anilines is 1. The van der Waals surface area contributed by atoms with Gasteiger partial charge in [-0.3, -0.25) is 4.79 Å². The van der Waals surface area contributed by atoms with Crippen LogP contribution in [-0.2, 0) is 14.6 Å². The second-order valence-electron chi connectivity index (χ2n) is 4.20. The molecule has 1 aromatic heterocycles. The molecule has 2 aromatic rings. The van der Waals surface area contributed by atoms with Gasteiger partial charge >= 0.3 is 0 Å². The monoisotopic (exact) mass is 341 g/mol. The Kier molecular flexibility index (Phi) is 5.44. The fourth-order valence-corrected chi connectivity index (χ4v) is 4.06. The minimum atomic E-state index is -3.20. The van der Waals surface area contributed by atoms with E-state index in [2.05, 4.69) is 5.32 Å². The maximum atomic E-state index is 11.8. The summed E-state index contributed by atoms with van der Waals surface area (Å²) in [5, 5.41) is 4.72. The lowest BCUT2D eigenvalue weighted by molar-refractivity contribution is -0.113. The number of sulfone groups is 1. The summed E-state index contributed by atoms with van der Waals surface area (Å²) in [7, 11) is -3.20. The topological polar surface area (TPSA) is 63.2 Å². The normalized spacial score (nSPS) is 11.3. The number of amides is 1. The van der Waals surface area contributed by atoms with Crippen LogP contribution >= 0.6 is 23.1 Å². The lowest BCUT2D eigenvalue weighted by Crippen LogP contribution is -2.14. The van der Waals surface area contributed by atoms with Gasteiger partial charge in [-0.1, -0.05) is 13.0 Å². The van der Waals surface area contributed by atoms with Gasteiger partial charge in [0.05, 0.1) is 20.6 Å². The van der Waals surface area contributed by atoms with Gasteiger partial charge in [0, 0.05) is 5.69 Å². The van der Waals surface area contributed by atoms with E-state index < -0.39 is 9.84 Å². The highest BCUT2D eigenvalue weighted by Crippen LogP contribution is 2.23. The van der Waals surface area contributed by atoms with E-state index in [1.54, 1.807) is 30.4 Å². The van der Waals surface area contributed by atoms with E-state index >= 15 is 0 Å². The lowest BCUT2D eigenvalue weighted by atomic mass is 10.3. The zero-order valence-corrected chi connectivity index (χ0v) is 13.9. The summed E-state index contributed by atoms with van der Waals surface area (Å²) in [4.78, 5) is 12.1. The number of hydrogen-bond acceptors (Lipinski definition) is 5. The zero-order chi connectivity index (χ0) is 15.3. The van der Waals surface area contributed by atoms with Crippen molar-refractivity contribution in [2.75, 3.05) is 16.8 Å². The third-order valence-electron chi connectivity index (χ3n) is 2.72. The number of carbonyl (C=O) groups excluding carboxylic acids is 1. The molecule has 0 saturated heterocycles. The number of thiophene rings is 1. The van der Waals surface area contributed by atoms with Crippen LogP contribution in [0.4, 0.5) is 5.69 Å². The molecule has 7 heteroatoms. The average molecular weight is 341 g/mol. The molecule has 112 valence electrons. The molecule has 21 heavy (non-hydrogen) atoms. The molecule has 1 aromatic carbocycles. The van der Waals surface area contributed by atoms with Crippen LogP contribution in [0.3, 0.4) is 0 Å². The minimum absolute atomic E-state index is 0.0656. The Balaban J connectivity index is 1.92. The molecule has 1 amide bonds. The van der Waals surface area contributed by atoms with Crippen molar-refractivity contribution in [2.45, 2.75) is 16.0 Å². The molecule has 0 spiro atoms. The third-order valence-corrected chi connectivity index (χ3v) is 6.60. The Morgan fingerprint density at radius 1 is 1.24 bits per heavy atom. The number of carbonyl (C=O) groups is 1. The molecule has 4 nitrogen and oxygen atoms in total. The van der Waals surface area contributed by atoms with Crippen molar-refractivity contribution in [3.8, 4) is 0 Å². The molecule has 1 heterocycles. The molecule has 0 saturated carbocycles. The fourth-order valence-electron chi connectivity index (χ4n) is 1.59. The lowest BCUT2D eigenvalue weighted by Gasteiger charge is -2.06. The van der Waals surface area contributed by atoms with Crippen molar-refractivity contribution in [3.63, 3.8) is 0 Å². The SMILES string of the molecule is CCS(=O)(=O)c1ccc(NC(=O)CSc2cccs2)cc1. The number of nitrogens with one attached hydrogen (secondary N) is 1. The first-order valence-corrected chi connectivity index (χ1v) is 9.82. The Labute approximate surface area is 132 Å². The summed E-state index contributed by atoms with van der Waals surface area (Å²) < 4.78 is 24.4. The van der Waals surface area contributed by atoms with Crippen molar-refractivity contribution in [1.29, 1.82) is 0 Å². The summed E-state index contributed by atoms with van der Waals surface area (Å²) >= 11 is 3.07. The number of benzene rings is 1. The van der Waals surface area contributed by atoms with Gasteiger partial charge in [-0.15, -0.1) is 23.1 Å². The largest absolute Gasteiger partial charge is 0.325 e. The first-order valence-electron chi connectivity index (χ1n) is 6.30. The van der Waals surface area contributed by atoms with E-state index in [0.717, 1.165) is 4.21 Å². The second kappa shape index (κ2) is 7.11. The highest BCUT2D eigenvalue weighted by Gasteiger charge is 2.11. The van der Waals surface area contributed by atoms with E-state index in [0.29, 0.717) is 11.4 Å². The van der Waals surface area contributed by atoms with E-state index in [-0.39, 0.29) is 16.6 Å². The second-order valence-corrected chi connectivity index (χ2v) is 8.70. The summed E-state index contributed by atoms with van der Waals surface area (Å²) in [6, 6.07) is 10.2. The summed E-state index contributed by atoms with van der Waals surface area (Å²) in [5.74, 6) is 0.283. The Morgan fingerprint density at radius 2 is 1.95 bits per heavy atom. The van der Waals surface area contributed by atoms with E-state index in [9.17, 15) is 13.2 Å². The van der Waals surface area contributed by atoms with Gasteiger partial charge < -0.3 is 5.32 Å². The van der Waals surface area contributed by atoms with Crippen molar-refractivity contribution >= 4 is 44.5 Å². The molecule has 0 radical (unpaired) electrons. The van der Waals surface area contributed by atoms with E-state index in [4.69, 9.17) is 0 Å². The van der Waals surface area contributed by atoms with Gasteiger partial charge in [0.1, 0.15) is 0 Å². The van der Waals surface area contributed by atoms with Gasteiger partial charge in [0.25, 0.3) is 0 Å². The number of thioether (sulfide) groups is 1. The molecule has 0 aliphatic rings. The highest BCUT2D eigenvalue weighted by atomic mass is 32.2. The van der Waals surface area contributed by atoms with Crippen molar-refractivity contribution in [1.82, 2.24) is 0 Å². The molecule has 0 aliphatic heterocycles. The number of hydrogen-bond donors (Lipinski definition) is 1. The van der Waals surface area contributed by atoms with Crippen LogP contribution < -0.4 is 5.32 Å². The van der Waals surface area contributed by atoms with Crippen LogP contribution in [0.25, 0.3) is 0 Å². The van der Waals surface area contributed by atoms with E-state index in [1.807, 2.05) is 17.5 Å². The maximum absolute atomic E-state index is 11.8. The van der Waals surface area contributed by atoms with Crippen LogP contribution in [0.5, 0.6) is 0 Å². The van der Waals surface area contributed by atoms with Crippen molar-refractivity contribution in [3.05, 3.63) is 41.8 Å². The van der Waals surface area contributed by atoms with Crippen LogP contribution in [0.15, 0.2) is 50.9 Å². The molecule has 1 N–H and O–H groups in total. The van der Waals surface area contributed by atoms with Crippen molar-refractivity contribution in [2.24, 2.45) is 0 Å². The molecule has 0 aliphatic carbocycles. The Bertz CT molecular complexity index is 692. The Morgan fingerprint density at radius 3 is 2.52 bits per heavy atom. The summed E-state index contributed by atoms with van der Waals surface area (Å²) in [6.45, 7) is 1.60. The van der Waals surface area contributed by atoms with Gasteiger partial charge in [-0.25, -0.2) is 8.42 Å². The summed E-state index contributed by atoms with van der Waals surface area (Å²) in [5.41, 5.74) is 0.599. The molecule has 0 fully saturated rings. The molecular formula is C14H15NO3S3. The molecule has 0 bridgehead atoms. The Hall–Kier alpha value is -1.31. The van der Waals surface area contributed by atoms with Crippen LogP contribution in [0.1, 0.15) is 6.92 Å². The fraction of sp³-hybridized carbons (Fsp3) is 0.214.